The first-order chi connectivity index (χ1) is 3.55. The van der Waals surface area contributed by atoms with Crippen LogP contribution in [0.4, 0.5) is 0 Å². The Morgan fingerprint density at radius 2 is 1.75 bits per heavy atom. The second kappa shape index (κ2) is 3.90. The number of halogens is 2. The minimum absolute atomic E-state index is 0.151. The van der Waals surface area contributed by atoms with Gasteiger partial charge in [0.1, 0.15) is 0 Å². The van der Waals surface area contributed by atoms with Gasteiger partial charge in [0.15, 0.2) is 0 Å². The van der Waals surface area contributed by atoms with Crippen molar-refractivity contribution in [2.75, 3.05) is 0 Å². The Bertz CT molecular complexity index is 59.1. The quantitative estimate of drug-likeness (QED) is 0.459. The molecule has 8 heavy (non-hydrogen) atoms. The summed E-state index contributed by atoms with van der Waals surface area (Å²) >= 11 is 10.8. The lowest BCUT2D eigenvalue weighted by Crippen LogP contribution is -2.17. The molecule has 0 spiro atoms. The van der Waals surface area contributed by atoms with Gasteiger partial charge in [0, 0.05) is 0 Å². The van der Waals surface area contributed by atoms with E-state index in [4.69, 9.17) is 23.6 Å². The Labute approximate surface area is 62.8 Å². The molecule has 0 aromatic heterocycles. The van der Waals surface area contributed by atoms with E-state index < -0.39 is 0 Å². The summed E-state index contributed by atoms with van der Waals surface area (Å²) < 4.78 is 1.15. The summed E-state index contributed by atoms with van der Waals surface area (Å²) in [4.78, 5) is 0. The minimum Gasteiger partial charge on any atom is -0.125 e. The van der Waals surface area contributed by atoms with E-state index in [2.05, 4.69) is 23.1 Å². The van der Waals surface area contributed by atoms with Crippen LogP contribution in [0.1, 0.15) is 13.8 Å². The Morgan fingerprint density at radius 1 is 1.38 bits per heavy atom. The van der Waals surface area contributed by atoms with Crippen molar-refractivity contribution in [2.45, 2.75) is 19.6 Å². The van der Waals surface area contributed by atoms with Gasteiger partial charge in [0.25, 0.3) is 0 Å². The first-order valence-electron chi connectivity index (χ1n) is 2.42. The fourth-order valence-corrected chi connectivity index (χ4v) is 0.676. The second-order valence-corrected chi connectivity index (χ2v) is 3.58. The standard InChI is InChI=1S/C4H10Cl2NP/c1-3(2)4(8)7(5)6/h3-4H,8H2,1-2H3. The van der Waals surface area contributed by atoms with Crippen LogP contribution in [-0.2, 0) is 0 Å². The highest BCUT2D eigenvalue weighted by atomic mass is 35.5. The number of hydrogen-bond donors (Lipinski definition) is 0. The molecular formula is C4H10Cl2NP. The first-order valence-corrected chi connectivity index (χ1v) is 3.76. The maximum absolute atomic E-state index is 5.40. The van der Waals surface area contributed by atoms with Crippen LogP contribution in [0, 0.1) is 5.92 Å². The van der Waals surface area contributed by atoms with Crippen molar-refractivity contribution in [3.8, 4) is 0 Å². The molecule has 0 N–H and O–H groups in total. The summed E-state index contributed by atoms with van der Waals surface area (Å²) in [6.45, 7) is 4.10. The van der Waals surface area contributed by atoms with E-state index in [0.29, 0.717) is 5.92 Å². The van der Waals surface area contributed by atoms with Crippen LogP contribution in [0.25, 0.3) is 0 Å². The van der Waals surface area contributed by atoms with E-state index in [1.54, 1.807) is 0 Å². The zero-order valence-corrected chi connectivity index (χ0v) is 7.60. The Balaban J connectivity index is 3.46. The molecule has 0 aliphatic heterocycles. The van der Waals surface area contributed by atoms with Crippen molar-refractivity contribution in [3.63, 3.8) is 0 Å². The van der Waals surface area contributed by atoms with Gasteiger partial charge in [-0.3, -0.25) is 0 Å². The summed E-state index contributed by atoms with van der Waals surface area (Å²) in [5, 5.41) is 0. The van der Waals surface area contributed by atoms with Crippen LogP contribution in [-0.4, -0.2) is 9.72 Å². The predicted molar refractivity (Wildman–Crippen MR) is 41.9 cm³/mol. The zero-order valence-electron chi connectivity index (χ0n) is 4.94. The van der Waals surface area contributed by atoms with Crippen LogP contribution in [0.5, 0.6) is 0 Å². The van der Waals surface area contributed by atoms with Gasteiger partial charge in [0.05, 0.1) is 5.78 Å². The third-order valence-electron chi connectivity index (χ3n) is 0.908. The van der Waals surface area contributed by atoms with Crippen LogP contribution >= 0.6 is 32.8 Å². The van der Waals surface area contributed by atoms with Crippen molar-refractivity contribution in [1.29, 1.82) is 0 Å². The molecule has 0 fully saturated rings. The average Bonchev–Trinajstić information content (AvgIpc) is 1.64. The average molecular weight is 174 g/mol. The summed E-state index contributed by atoms with van der Waals surface area (Å²) in [5.41, 5.74) is 0. The van der Waals surface area contributed by atoms with E-state index in [9.17, 15) is 0 Å². The van der Waals surface area contributed by atoms with Crippen LogP contribution < -0.4 is 0 Å². The SMILES string of the molecule is CC(C)C(P)N(Cl)Cl. The van der Waals surface area contributed by atoms with E-state index >= 15 is 0 Å². The zero-order chi connectivity index (χ0) is 6.73. The lowest BCUT2D eigenvalue weighted by atomic mass is 10.2. The molecule has 0 rings (SSSR count). The maximum Gasteiger partial charge on any atom is 0.0577 e. The Hall–Kier alpha value is 0.970. The lowest BCUT2D eigenvalue weighted by Gasteiger charge is -2.16. The van der Waals surface area contributed by atoms with Gasteiger partial charge in [-0.1, -0.05) is 13.8 Å². The number of nitrogens with zero attached hydrogens (tertiary/aromatic N) is 1. The number of rotatable bonds is 2. The van der Waals surface area contributed by atoms with Crippen molar-refractivity contribution < 1.29 is 0 Å². The molecule has 2 atom stereocenters. The minimum atomic E-state index is 0.151. The molecule has 0 saturated carbocycles. The Kier molecular flexibility index (Phi) is 4.37. The van der Waals surface area contributed by atoms with Crippen molar-refractivity contribution >= 4 is 32.8 Å². The highest BCUT2D eigenvalue weighted by Gasteiger charge is 2.11. The molecule has 50 valence electrons. The van der Waals surface area contributed by atoms with Crippen molar-refractivity contribution in [1.82, 2.24) is 3.94 Å². The normalized spacial score (nSPS) is 15.4. The molecule has 0 aromatic rings. The molecule has 0 aliphatic carbocycles. The van der Waals surface area contributed by atoms with E-state index in [1.807, 2.05) is 0 Å². The largest absolute Gasteiger partial charge is 0.125 e. The molecule has 0 aromatic carbocycles. The topological polar surface area (TPSA) is 3.24 Å². The van der Waals surface area contributed by atoms with E-state index in [-0.39, 0.29) is 5.78 Å². The van der Waals surface area contributed by atoms with Crippen LogP contribution in [0.3, 0.4) is 0 Å². The molecular weight excluding hydrogens is 164 g/mol. The third kappa shape index (κ3) is 3.09. The molecule has 0 saturated heterocycles. The molecule has 0 amide bonds. The summed E-state index contributed by atoms with van der Waals surface area (Å²) in [5.74, 6) is 0.619. The summed E-state index contributed by atoms with van der Waals surface area (Å²) in [6.07, 6.45) is 0. The van der Waals surface area contributed by atoms with Gasteiger partial charge in [-0.15, -0.1) is 13.2 Å². The molecule has 0 heterocycles. The molecule has 0 aliphatic rings. The smallest absolute Gasteiger partial charge is 0.0577 e. The highest BCUT2D eigenvalue weighted by Crippen LogP contribution is 2.20. The van der Waals surface area contributed by atoms with Crippen LogP contribution in [0.2, 0.25) is 0 Å². The molecule has 4 heteroatoms. The summed E-state index contributed by atoms with van der Waals surface area (Å²) in [6, 6.07) is 0. The molecule has 2 unspecified atom stereocenters. The van der Waals surface area contributed by atoms with E-state index in [1.165, 1.54) is 0 Å². The molecule has 1 nitrogen and oxygen atoms in total. The van der Waals surface area contributed by atoms with Gasteiger partial charge in [-0.05, 0) is 29.5 Å². The maximum atomic E-state index is 5.40. The van der Waals surface area contributed by atoms with Crippen molar-refractivity contribution in [2.24, 2.45) is 5.92 Å². The second-order valence-electron chi connectivity index (χ2n) is 1.99. The fraction of sp³-hybridized carbons (Fsp3) is 1.00. The fourth-order valence-electron chi connectivity index (χ4n) is 0.225. The van der Waals surface area contributed by atoms with Crippen molar-refractivity contribution in [3.05, 3.63) is 0 Å². The molecule has 0 bridgehead atoms. The highest BCUT2D eigenvalue weighted by molar-refractivity contribution is 7.17. The van der Waals surface area contributed by atoms with Crippen LogP contribution in [0.15, 0.2) is 0 Å². The lowest BCUT2D eigenvalue weighted by molar-refractivity contribution is 0.493. The third-order valence-corrected chi connectivity index (χ3v) is 2.81. The van der Waals surface area contributed by atoms with Gasteiger partial charge in [-0.2, -0.15) is 0 Å². The van der Waals surface area contributed by atoms with E-state index in [0.717, 1.165) is 3.94 Å². The summed E-state index contributed by atoms with van der Waals surface area (Å²) in [7, 11) is 2.55. The van der Waals surface area contributed by atoms with Gasteiger partial charge in [-0.25, -0.2) is 0 Å². The van der Waals surface area contributed by atoms with Gasteiger partial charge >= 0.3 is 0 Å². The predicted octanol–water partition coefficient (Wildman–Crippen LogP) is 2.45. The Morgan fingerprint density at radius 3 is 1.75 bits per heavy atom. The van der Waals surface area contributed by atoms with Gasteiger partial charge in [0.2, 0.25) is 0 Å². The number of hydrogen-bond acceptors (Lipinski definition) is 1. The monoisotopic (exact) mass is 173 g/mol. The molecule has 0 radical (unpaired) electrons. The van der Waals surface area contributed by atoms with Gasteiger partial charge < -0.3 is 0 Å². The first kappa shape index (κ1) is 8.97.